The second kappa shape index (κ2) is 7.09. The van der Waals surface area contributed by atoms with Gasteiger partial charge in [-0.25, -0.2) is 4.68 Å². The molecule has 0 aliphatic carbocycles. The second-order valence-electron chi connectivity index (χ2n) is 6.75. The molecular formula is C19H24N4O2. The van der Waals surface area contributed by atoms with Crippen LogP contribution in [0.4, 0.5) is 5.95 Å². The highest BCUT2D eigenvalue weighted by Gasteiger charge is 2.31. The summed E-state index contributed by atoms with van der Waals surface area (Å²) in [6.45, 7) is 8.54. The molecule has 2 heterocycles. The lowest BCUT2D eigenvalue weighted by molar-refractivity contribution is -0.114. The molecule has 1 unspecified atom stereocenters. The normalized spacial score (nSPS) is 16.6. The molecule has 0 fully saturated rings. The van der Waals surface area contributed by atoms with E-state index in [1.165, 1.54) is 6.33 Å². The van der Waals surface area contributed by atoms with Gasteiger partial charge >= 0.3 is 0 Å². The summed E-state index contributed by atoms with van der Waals surface area (Å²) in [6, 6.07) is 7.59. The molecule has 132 valence electrons. The number of rotatable bonds is 6. The number of carbonyl (C=O) groups excluding carboxylic acids is 1. The van der Waals surface area contributed by atoms with E-state index in [0.29, 0.717) is 24.0 Å². The minimum atomic E-state index is -0.277. The van der Waals surface area contributed by atoms with Gasteiger partial charge in [-0.15, -0.1) is 0 Å². The maximum Gasteiger partial charge on any atom is 0.226 e. The lowest BCUT2D eigenvalue weighted by Crippen LogP contribution is -2.27. The summed E-state index contributed by atoms with van der Waals surface area (Å²) < 4.78 is 7.53. The fourth-order valence-electron chi connectivity index (χ4n) is 3.01. The van der Waals surface area contributed by atoms with Gasteiger partial charge in [-0.2, -0.15) is 10.1 Å². The van der Waals surface area contributed by atoms with E-state index in [9.17, 15) is 4.79 Å². The monoisotopic (exact) mass is 340 g/mol. The number of nitrogens with zero attached hydrogens (tertiary/aromatic N) is 3. The molecule has 0 spiro atoms. The molecule has 1 N–H and O–H groups in total. The first-order valence-corrected chi connectivity index (χ1v) is 8.58. The van der Waals surface area contributed by atoms with Crippen molar-refractivity contribution in [3.05, 3.63) is 47.4 Å². The number of aromatic nitrogens is 3. The van der Waals surface area contributed by atoms with Crippen LogP contribution in [-0.4, -0.2) is 27.2 Å². The first-order chi connectivity index (χ1) is 12.0. The van der Waals surface area contributed by atoms with Crippen molar-refractivity contribution in [1.82, 2.24) is 14.8 Å². The third kappa shape index (κ3) is 3.57. The van der Waals surface area contributed by atoms with E-state index >= 15 is 0 Å². The Balaban J connectivity index is 1.88. The van der Waals surface area contributed by atoms with Crippen LogP contribution in [0.5, 0.6) is 5.75 Å². The fourth-order valence-corrected chi connectivity index (χ4v) is 3.01. The molecule has 0 saturated heterocycles. The summed E-state index contributed by atoms with van der Waals surface area (Å²) >= 11 is 0. The summed E-state index contributed by atoms with van der Waals surface area (Å²) in [7, 11) is 0. The molecule has 2 aromatic rings. The van der Waals surface area contributed by atoms with E-state index < -0.39 is 0 Å². The maximum absolute atomic E-state index is 12.2. The minimum absolute atomic E-state index is 0.0217. The van der Waals surface area contributed by atoms with Crippen LogP contribution in [0, 0.1) is 5.92 Å². The van der Waals surface area contributed by atoms with Crippen molar-refractivity contribution >= 4 is 11.7 Å². The lowest BCUT2D eigenvalue weighted by atomic mass is 9.93. The van der Waals surface area contributed by atoms with Crippen LogP contribution < -0.4 is 10.1 Å². The second-order valence-corrected chi connectivity index (χ2v) is 6.75. The molecule has 0 saturated carbocycles. The fraction of sp³-hybridized carbons (Fsp3) is 0.421. The van der Waals surface area contributed by atoms with Crippen molar-refractivity contribution in [3.63, 3.8) is 0 Å². The number of allylic oxidation sites excluding steroid dienone is 2. The summed E-state index contributed by atoms with van der Waals surface area (Å²) in [5.41, 5.74) is 2.50. The van der Waals surface area contributed by atoms with Gasteiger partial charge in [-0.05, 0) is 43.9 Å². The predicted molar refractivity (Wildman–Crippen MR) is 96.6 cm³/mol. The Labute approximate surface area is 147 Å². The lowest BCUT2D eigenvalue weighted by Gasteiger charge is -2.28. The van der Waals surface area contributed by atoms with Gasteiger partial charge in [-0.1, -0.05) is 26.0 Å². The molecule has 1 aliphatic rings. The number of ether oxygens (including phenoxy) is 1. The van der Waals surface area contributed by atoms with Crippen LogP contribution in [0.1, 0.15) is 45.7 Å². The number of fused-ring (bicyclic) bond motifs is 1. The van der Waals surface area contributed by atoms with Gasteiger partial charge in [0.15, 0.2) is 5.78 Å². The van der Waals surface area contributed by atoms with Crippen LogP contribution in [0.25, 0.3) is 0 Å². The average molecular weight is 340 g/mol. The van der Waals surface area contributed by atoms with Gasteiger partial charge in [0.2, 0.25) is 5.95 Å². The Morgan fingerprint density at radius 2 is 2.04 bits per heavy atom. The number of hydrogen-bond acceptors (Lipinski definition) is 5. The first-order valence-electron chi connectivity index (χ1n) is 8.58. The quantitative estimate of drug-likeness (QED) is 0.870. The molecule has 0 bridgehead atoms. The van der Waals surface area contributed by atoms with Crippen LogP contribution in [0.2, 0.25) is 0 Å². The highest BCUT2D eigenvalue weighted by atomic mass is 16.5. The SMILES string of the molecule is CC(=O)C1=C(C)Nc2ncnn2C1c1ccc(OCCC(C)C)cc1. The molecule has 1 atom stereocenters. The largest absolute Gasteiger partial charge is 0.494 e. The topological polar surface area (TPSA) is 69.0 Å². The van der Waals surface area contributed by atoms with Crippen molar-refractivity contribution in [2.75, 3.05) is 11.9 Å². The molecule has 0 amide bonds. The smallest absolute Gasteiger partial charge is 0.226 e. The van der Waals surface area contributed by atoms with Gasteiger partial charge < -0.3 is 10.1 Å². The average Bonchev–Trinajstić information content (AvgIpc) is 3.01. The Kier molecular flexibility index (Phi) is 4.88. The number of carbonyl (C=O) groups is 1. The van der Waals surface area contributed by atoms with Crippen molar-refractivity contribution < 1.29 is 9.53 Å². The van der Waals surface area contributed by atoms with Crippen LogP contribution in [-0.2, 0) is 4.79 Å². The van der Waals surface area contributed by atoms with E-state index in [1.54, 1.807) is 11.6 Å². The zero-order valence-corrected chi connectivity index (χ0v) is 15.1. The molecule has 6 nitrogen and oxygen atoms in total. The van der Waals surface area contributed by atoms with E-state index in [1.807, 2.05) is 31.2 Å². The van der Waals surface area contributed by atoms with Gasteiger partial charge in [0.1, 0.15) is 18.1 Å². The molecule has 1 aromatic carbocycles. The molecule has 1 aromatic heterocycles. The van der Waals surface area contributed by atoms with Gasteiger partial charge in [0.05, 0.1) is 6.61 Å². The number of hydrogen-bond donors (Lipinski definition) is 1. The van der Waals surface area contributed by atoms with Gasteiger partial charge in [0, 0.05) is 11.3 Å². The summed E-state index contributed by atoms with van der Waals surface area (Å²) in [5.74, 6) is 2.12. The Bertz CT molecular complexity index is 790. The zero-order chi connectivity index (χ0) is 18.0. The molecule has 25 heavy (non-hydrogen) atoms. The Morgan fingerprint density at radius 1 is 1.32 bits per heavy atom. The van der Waals surface area contributed by atoms with Crippen molar-refractivity contribution in [3.8, 4) is 5.75 Å². The van der Waals surface area contributed by atoms with Crippen molar-refractivity contribution in [1.29, 1.82) is 0 Å². The number of benzene rings is 1. The van der Waals surface area contributed by atoms with Gasteiger partial charge in [-0.3, -0.25) is 4.79 Å². The number of Topliss-reactive ketones (excluding diaryl/α,β-unsaturated/α-hetero) is 1. The van der Waals surface area contributed by atoms with Crippen LogP contribution in [0.15, 0.2) is 41.9 Å². The summed E-state index contributed by atoms with van der Waals surface area (Å²) in [6.07, 6.45) is 2.52. The van der Waals surface area contributed by atoms with Gasteiger partial charge in [0.25, 0.3) is 0 Å². The molecule has 1 aliphatic heterocycles. The zero-order valence-electron chi connectivity index (χ0n) is 15.1. The van der Waals surface area contributed by atoms with Crippen LogP contribution >= 0.6 is 0 Å². The number of nitrogens with one attached hydrogen (secondary N) is 1. The summed E-state index contributed by atoms with van der Waals surface area (Å²) in [4.78, 5) is 16.4. The third-order valence-electron chi connectivity index (χ3n) is 4.33. The van der Waals surface area contributed by atoms with E-state index in [0.717, 1.165) is 23.4 Å². The third-order valence-corrected chi connectivity index (χ3v) is 4.33. The molecule has 3 rings (SSSR count). The molecular weight excluding hydrogens is 316 g/mol. The number of anilines is 1. The number of ketones is 1. The minimum Gasteiger partial charge on any atom is -0.494 e. The van der Waals surface area contributed by atoms with E-state index in [2.05, 4.69) is 29.2 Å². The molecule has 0 radical (unpaired) electrons. The standard InChI is InChI=1S/C19H24N4O2/c1-12(2)9-10-25-16-7-5-15(6-8-16)18-17(14(4)24)13(3)22-19-20-11-21-23(18)19/h5-8,11-12,18H,9-10H2,1-4H3,(H,20,21,22). The highest BCUT2D eigenvalue weighted by molar-refractivity contribution is 5.96. The Morgan fingerprint density at radius 3 is 2.68 bits per heavy atom. The van der Waals surface area contributed by atoms with E-state index in [4.69, 9.17) is 4.74 Å². The predicted octanol–water partition coefficient (Wildman–Crippen LogP) is 3.58. The van der Waals surface area contributed by atoms with Crippen LogP contribution in [0.3, 0.4) is 0 Å². The maximum atomic E-state index is 12.2. The molecule has 6 heteroatoms. The highest BCUT2D eigenvalue weighted by Crippen LogP contribution is 2.35. The van der Waals surface area contributed by atoms with Crippen molar-refractivity contribution in [2.24, 2.45) is 5.92 Å². The van der Waals surface area contributed by atoms with Crippen molar-refractivity contribution in [2.45, 2.75) is 40.2 Å². The summed E-state index contributed by atoms with van der Waals surface area (Å²) in [5, 5.41) is 7.44. The Hall–Kier alpha value is -2.63. The first kappa shape index (κ1) is 17.2. The van der Waals surface area contributed by atoms with E-state index in [-0.39, 0.29) is 11.8 Å².